The molecular weight excluding hydrogens is 452 g/mol. The monoisotopic (exact) mass is 465 g/mol. The third-order valence-electron chi connectivity index (χ3n) is 3.88. The van der Waals surface area contributed by atoms with Gasteiger partial charge in [0.25, 0.3) is 0 Å². The smallest absolute Gasteiger partial charge is 0.415 e. The van der Waals surface area contributed by atoms with Crippen LogP contribution in [-0.4, -0.2) is 30.0 Å². The van der Waals surface area contributed by atoms with Crippen molar-refractivity contribution in [3.05, 3.63) is 50.4 Å². The van der Waals surface area contributed by atoms with Gasteiger partial charge in [0.15, 0.2) is 5.75 Å². The molecule has 1 fully saturated rings. The second-order valence-electron chi connectivity index (χ2n) is 5.76. The largest absolute Gasteiger partial charge is 0.481 e. The number of carbonyl (C=O) groups is 1. The van der Waals surface area contributed by atoms with Gasteiger partial charge in [-0.15, -0.1) is 0 Å². The van der Waals surface area contributed by atoms with Crippen molar-refractivity contribution in [2.75, 3.05) is 19.0 Å². The van der Waals surface area contributed by atoms with Gasteiger partial charge < -0.3 is 14.4 Å². The van der Waals surface area contributed by atoms with E-state index in [9.17, 15) is 4.79 Å². The summed E-state index contributed by atoms with van der Waals surface area (Å²) in [5.74, 6) is 0.865. The first-order valence-corrected chi connectivity index (χ1v) is 10.6. The molecule has 0 aliphatic carbocycles. The summed E-state index contributed by atoms with van der Waals surface area (Å²) in [5, 5.41) is 1.54. The van der Waals surface area contributed by atoms with E-state index in [-0.39, 0.29) is 16.7 Å². The maximum Gasteiger partial charge on any atom is 0.415 e. The third-order valence-corrected chi connectivity index (χ3v) is 6.03. The number of amides is 1. The Morgan fingerprint density at radius 1 is 0.926 bits per heavy atom. The molecule has 1 aliphatic rings. The van der Waals surface area contributed by atoms with Crippen molar-refractivity contribution in [3.63, 3.8) is 0 Å². The molecule has 1 saturated heterocycles. The van der Waals surface area contributed by atoms with E-state index in [2.05, 4.69) is 0 Å². The van der Waals surface area contributed by atoms with Crippen molar-refractivity contribution >= 4 is 64.3 Å². The van der Waals surface area contributed by atoms with Crippen LogP contribution in [0.5, 0.6) is 11.5 Å². The van der Waals surface area contributed by atoms with Crippen molar-refractivity contribution in [1.29, 1.82) is 0 Å². The molecule has 1 aliphatic heterocycles. The number of hydrogen-bond acceptors (Lipinski definition) is 4. The number of hydrogen-bond donors (Lipinski definition) is 0. The molecule has 0 radical (unpaired) electrons. The van der Waals surface area contributed by atoms with Gasteiger partial charge in [-0.05, 0) is 37.1 Å². The molecule has 9 heteroatoms. The highest BCUT2D eigenvalue weighted by Crippen LogP contribution is 2.37. The fraction of sp³-hybridized carbons (Fsp3) is 0.278. The van der Waals surface area contributed by atoms with E-state index in [0.717, 1.165) is 17.7 Å². The highest BCUT2D eigenvalue weighted by molar-refractivity contribution is 7.99. The summed E-state index contributed by atoms with van der Waals surface area (Å²) in [6.45, 7) is 1.38. The van der Waals surface area contributed by atoms with Gasteiger partial charge in [0.2, 0.25) is 0 Å². The number of rotatable bonds is 5. The summed E-state index contributed by atoms with van der Waals surface area (Å²) < 4.78 is 11.1. The fourth-order valence-electron chi connectivity index (χ4n) is 2.49. The van der Waals surface area contributed by atoms with E-state index in [0.29, 0.717) is 33.9 Å². The minimum atomic E-state index is -0.423. The van der Waals surface area contributed by atoms with Gasteiger partial charge in [-0.1, -0.05) is 58.2 Å². The average Bonchev–Trinajstić information content (AvgIpc) is 3.16. The van der Waals surface area contributed by atoms with Gasteiger partial charge in [0.05, 0.1) is 20.1 Å². The Morgan fingerprint density at radius 2 is 1.63 bits per heavy atom. The molecule has 0 spiro atoms. The van der Waals surface area contributed by atoms with Crippen molar-refractivity contribution in [2.45, 2.75) is 17.7 Å². The van der Waals surface area contributed by atoms with Gasteiger partial charge in [-0.25, -0.2) is 4.79 Å². The summed E-state index contributed by atoms with van der Waals surface area (Å²) in [7, 11) is 0. The number of likely N-dealkylation sites (tertiary alicyclic amines) is 1. The third kappa shape index (κ3) is 5.52. The zero-order valence-electron chi connectivity index (χ0n) is 14.0. The summed E-state index contributed by atoms with van der Waals surface area (Å²) in [5.41, 5.74) is 0. The molecule has 2 aromatic carbocycles. The first-order valence-electron chi connectivity index (χ1n) is 8.10. The Hall–Kier alpha value is -0.980. The maximum atomic E-state index is 12.2. The zero-order chi connectivity index (χ0) is 19.4. The quantitative estimate of drug-likeness (QED) is 0.350. The molecule has 0 atom stereocenters. The Bertz CT molecular complexity index is 844. The number of ether oxygens (including phenoxy) is 2. The molecule has 0 aromatic heterocycles. The van der Waals surface area contributed by atoms with E-state index >= 15 is 0 Å². The van der Waals surface area contributed by atoms with Crippen molar-refractivity contribution < 1.29 is 14.3 Å². The molecule has 4 nitrogen and oxygen atoms in total. The summed E-state index contributed by atoms with van der Waals surface area (Å²) in [6, 6.07) is 8.33. The minimum Gasteiger partial charge on any atom is -0.481 e. The topological polar surface area (TPSA) is 38.8 Å². The van der Waals surface area contributed by atoms with E-state index in [4.69, 9.17) is 55.9 Å². The van der Waals surface area contributed by atoms with Gasteiger partial charge >= 0.3 is 6.09 Å². The number of nitrogens with zero attached hydrogens (tertiary/aromatic N) is 1. The minimum absolute atomic E-state index is 0.215. The van der Waals surface area contributed by atoms with Crippen LogP contribution >= 0.6 is 58.2 Å². The summed E-state index contributed by atoms with van der Waals surface area (Å²) >= 11 is 25.7. The van der Waals surface area contributed by atoms with Crippen LogP contribution in [0, 0.1) is 0 Å². The predicted octanol–water partition coefficient (Wildman–Crippen LogP) is 7.02. The predicted molar refractivity (Wildman–Crippen MR) is 111 cm³/mol. The van der Waals surface area contributed by atoms with Crippen LogP contribution in [0.3, 0.4) is 0 Å². The molecule has 1 heterocycles. The normalized spacial score (nSPS) is 13.7. The number of halogens is 4. The fourth-order valence-corrected chi connectivity index (χ4v) is 4.01. The second kappa shape index (κ2) is 9.48. The maximum absolute atomic E-state index is 12.2. The zero-order valence-corrected chi connectivity index (χ0v) is 17.9. The lowest BCUT2D eigenvalue weighted by Gasteiger charge is -2.16. The Kier molecular flexibility index (Phi) is 7.29. The lowest BCUT2D eigenvalue weighted by atomic mass is 10.3. The van der Waals surface area contributed by atoms with Crippen LogP contribution in [0.2, 0.25) is 20.1 Å². The van der Waals surface area contributed by atoms with E-state index in [1.54, 1.807) is 17.0 Å². The Labute approximate surface area is 181 Å². The van der Waals surface area contributed by atoms with Crippen LogP contribution in [0.1, 0.15) is 12.8 Å². The standard InChI is InChI=1S/C18H15Cl4NO3S/c19-12-4-3-11(7-13(12)20)27-10-25-16-9-17(15(22)8-14(16)21)26-18(24)23-5-1-2-6-23/h3-4,7-9H,1-2,5-6,10H2. The van der Waals surface area contributed by atoms with Crippen LogP contribution < -0.4 is 9.47 Å². The molecule has 0 saturated carbocycles. The summed E-state index contributed by atoms with van der Waals surface area (Å²) in [4.78, 5) is 14.7. The van der Waals surface area contributed by atoms with Crippen LogP contribution in [0.25, 0.3) is 0 Å². The first-order chi connectivity index (χ1) is 12.9. The number of thioether (sulfide) groups is 1. The molecule has 2 aromatic rings. The molecule has 1 amide bonds. The molecular formula is C18H15Cl4NO3S. The van der Waals surface area contributed by atoms with E-state index in [1.807, 2.05) is 6.07 Å². The lowest BCUT2D eigenvalue weighted by molar-refractivity contribution is 0.162. The molecule has 0 bridgehead atoms. The summed E-state index contributed by atoms with van der Waals surface area (Å²) in [6.07, 6.45) is 1.53. The molecule has 27 heavy (non-hydrogen) atoms. The van der Waals surface area contributed by atoms with Gasteiger partial charge in [0.1, 0.15) is 11.7 Å². The van der Waals surface area contributed by atoms with Crippen LogP contribution in [0.4, 0.5) is 4.79 Å². The van der Waals surface area contributed by atoms with E-state index in [1.165, 1.54) is 23.9 Å². The first kappa shape index (κ1) is 20.7. The van der Waals surface area contributed by atoms with Gasteiger partial charge in [0, 0.05) is 24.1 Å². The molecule has 0 N–H and O–H groups in total. The van der Waals surface area contributed by atoms with Crippen molar-refractivity contribution in [1.82, 2.24) is 4.90 Å². The number of carbonyl (C=O) groups excluding carboxylic acids is 1. The van der Waals surface area contributed by atoms with Crippen LogP contribution in [-0.2, 0) is 0 Å². The molecule has 0 unspecified atom stereocenters. The lowest BCUT2D eigenvalue weighted by Crippen LogP contribution is -2.30. The van der Waals surface area contributed by atoms with Crippen molar-refractivity contribution in [3.8, 4) is 11.5 Å². The highest BCUT2D eigenvalue weighted by atomic mass is 35.5. The highest BCUT2D eigenvalue weighted by Gasteiger charge is 2.21. The Balaban J connectivity index is 1.64. The van der Waals surface area contributed by atoms with Gasteiger partial charge in [-0.2, -0.15) is 0 Å². The van der Waals surface area contributed by atoms with E-state index < -0.39 is 6.09 Å². The molecule has 3 rings (SSSR count). The van der Waals surface area contributed by atoms with Crippen molar-refractivity contribution in [2.24, 2.45) is 0 Å². The molecule has 144 valence electrons. The Morgan fingerprint density at radius 3 is 2.33 bits per heavy atom. The second-order valence-corrected chi connectivity index (χ2v) is 8.38. The van der Waals surface area contributed by atoms with Crippen LogP contribution in [0.15, 0.2) is 35.2 Å². The van der Waals surface area contributed by atoms with Gasteiger partial charge in [-0.3, -0.25) is 0 Å². The number of benzene rings is 2. The average molecular weight is 467 g/mol. The SMILES string of the molecule is O=C(Oc1cc(OCSc2ccc(Cl)c(Cl)c2)c(Cl)cc1Cl)N1CCCC1.